The molecule has 20 heavy (non-hydrogen) atoms. The number of aromatic carboxylic acids is 1. The predicted octanol–water partition coefficient (Wildman–Crippen LogP) is 1.77. The lowest BCUT2D eigenvalue weighted by Gasteiger charge is -2.13. The third-order valence-electron chi connectivity index (χ3n) is 2.94. The van der Waals surface area contributed by atoms with Gasteiger partial charge in [-0.25, -0.2) is 18.0 Å². The van der Waals surface area contributed by atoms with E-state index in [2.05, 4.69) is 5.32 Å². The Hall–Kier alpha value is -2.51. The van der Waals surface area contributed by atoms with Crippen molar-refractivity contribution in [3.05, 3.63) is 45.1 Å². The van der Waals surface area contributed by atoms with Crippen molar-refractivity contribution >= 4 is 17.2 Å². The Morgan fingerprint density at radius 2 is 1.90 bits per heavy atom. The summed E-state index contributed by atoms with van der Waals surface area (Å²) in [5.41, 5.74) is -3.42. The van der Waals surface area contributed by atoms with Gasteiger partial charge in [0.1, 0.15) is 11.1 Å². The normalized spacial score (nSPS) is 10.8. The van der Waals surface area contributed by atoms with E-state index in [0.29, 0.717) is 0 Å². The second-order valence-corrected chi connectivity index (χ2v) is 4.06. The monoisotopic (exact) mass is 286 g/mol. The average Bonchev–Trinajstić information content (AvgIpc) is 2.41. The number of rotatable bonds is 2. The minimum atomic E-state index is -1.64. The third-order valence-corrected chi connectivity index (χ3v) is 2.94. The van der Waals surface area contributed by atoms with Crippen LogP contribution in [0.1, 0.15) is 15.9 Å². The van der Waals surface area contributed by atoms with Crippen LogP contribution in [0.2, 0.25) is 0 Å². The highest BCUT2D eigenvalue weighted by Gasteiger charge is 2.24. The highest BCUT2D eigenvalue weighted by atomic mass is 19.2. The van der Waals surface area contributed by atoms with Crippen LogP contribution in [0.5, 0.6) is 0 Å². The molecule has 2 heterocycles. The zero-order chi connectivity index (χ0) is 15.2. The number of nitrogens with zero attached hydrogens (tertiary/aromatic N) is 1. The minimum Gasteiger partial charge on any atom is -0.477 e. The van der Waals surface area contributed by atoms with Crippen LogP contribution < -0.4 is 10.9 Å². The zero-order valence-electron chi connectivity index (χ0n) is 10.4. The molecule has 0 fully saturated rings. The molecule has 0 spiro atoms. The Labute approximate surface area is 110 Å². The molecule has 0 aromatic carbocycles. The Bertz CT molecular complexity index is 799. The molecule has 0 saturated carbocycles. The Balaban J connectivity index is 3.18. The molecule has 0 amide bonds. The fraction of sp³-hybridized carbons (Fsp3) is 0.167. The number of carboxylic acid groups (broad SMARTS) is 1. The van der Waals surface area contributed by atoms with Crippen molar-refractivity contribution in [2.75, 3.05) is 12.4 Å². The van der Waals surface area contributed by atoms with E-state index in [1.807, 2.05) is 0 Å². The fourth-order valence-corrected chi connectivity index (χ4v) is 1.89. The smallest absolute Gasteiger partial charge is 0.341 e. The summed E-state index contributed by atoms with van der Waals surface area (Å²) in [4.78, 5) is 22.8. The van der Waals surface area contributed by atoms with Crippen molar-refractivity contribution in [2.45, 2.75) is 6.92 Å². The molecule has 0 atom stereocenters. The van der Waals surface area contributed by atoms with E-state index in [9.17, 15) is 22.8 Å². The SMILES string of the molecule is CNc1cc(C(=O)O)c(=O)n2c(F)c(F)c(C)c(F)c12. The van der Waals surface area contributed by atoms with Gasteiger partial charge in [0.2, 0.25) is 5.95 Å². The van der Waals surface area contributed by atoms with Crippen LogP contribution in [0.15, 0.2) is 10.9 Å². The van der Waals surface area contributed by atoms with Crippen molar-refractivity contribution in [1.82, 2.24) is 4.40 Å². The van der Waals surface area contributed by atoms with Gasteiger partial charge >= 0.3 is 5.97 Å². The quantitative estimate of drug-likeness (QED) is 0.825. The number of carboxylic acids is 1. The van der Waals surface area contributed by atoms with Crippen LogP contribution in [0.3, 0.4) is 0 Å². The van der Waals surface area contributed by atoms with Gasteiger partial charge in [0.15, 0.2) is 11.6 Å². The van der Waals surface area contributed by atoms with Gasteiger partial charge in [0, 0.05) is 12.6 Å². The average molecular weight is 286 g/mol. The maximum atomic E-state index is 14.0. The summed E-state index contributed by atoms with van der Waals surface area (Å²) in [6.07, 6.45) is 0. The van der Waals surface area contributed by atoms with E-state index in [1.165, 1.54) is 7.05 Å². The van der Waals surface area contributed by atoms with Gasteiger partial charge in [-0.3, -0.25) is 4.79 Å². The summed E-state index contributed by atoms with van der Waals surface area (Å²) in [7, 11) is 1.33. The highest BCUT2D eigenvalue weighted by molar-refractivity contribution is 5.90. The number of hydrogen-bond acceptors (Lipinski definition) is 3. The summed E-state index contributed by atoms with van der Waals surface area (Å²) in [5, 5.41) is 11.3. The second-order valence-electron chi connectivity index (χ2n) is 4.06. The molecular formula is C12H9F3N2O3. The lowest BCUT2D eigenvalue weighted by molar-refractivity contribution is 0.0694. The van der Waals surface area contributed by atoms with E-state index in [1.54, 1.807) is 0 Å². The molecule has 0 aliphatic rings. The summed E-state index contributed by atoms with van der Waals surface area (Å²) < 4.78 is 41.5. The maximum absolute atomic E-state index is 14.0. The summed E-state index contributed by atoms with van der Waals surface area (Å²) in [5.74, 6) is -5.94. The first-order valence-corrected chi connectivity index (χ1v) is 5.45. The van der Waals surface area contributed by atoms with Crippen LogP contribution in [0, 0.1) is 24.5 Å². The predicted molar refractivity (Wildman–Crippen MR) is 64.8 cm³/mol. The van der Waals surface area contributed by atoms with Crippen molar-refractivity contribution in [3.8, 4) is 0 Å². The maximum Gasteiger partial charge on any atom is 0.341 e. The number of anilines is 1. The number of halogens is 3. The van der Waals surface area contributed by atoms with Gasteiger partial charge in [-0.2, -0.15) is 4.39 Å². The number of pyridine rings is 2. The molecular weight excluding hydrogens is 277 g/mol. The Morgan fingerprint density at radius 3 is 2.40 bits per heavy atom. The van der Waals surface area contributed by atoms with E-state index in [-0.39, 0.29) is 10.1 Å². The van der Waals surface area contributed by atoms with Crippen LogP contribution in [0.4, 0.5) is 18.9 Å². The topological polar surface area (TPSA) is 70.8 Å². The van der Waals surface area contributed by atoms with Crippen molar-refractivity contribution in [1.29, 1.82) is 0 Å². The van der Waals surface area contributed by atoms with E-state index in [0.717, 1.165) is 13.0 Å². The van der Waals surface area contributed by atoms with Crippen LogP contribution in [0.25, 0.3) is 5.52 Å². The molecule has 0 unspecified atom stereocenters. The molecule has 2 N–H and O–H groups in total. The number of hydrogen-bond donors (Lipinski definition) is 2. The van der Waals surface area contributed by atoms with Crippen LogP contribution in [-0.4, -0.2) is 22.5 Å². The number of carbonyl (C=O) groups is 1. The molecule has 0 bridgehead atoms. The first kappa shape index (κ1) is 13.9. The van der Waals surface area contributed by atoms with Crippen LogP contribution >= 0.6 is 0 Å². The van der Waals surface area contributed by atoms with Crippen molar-refractivity contribution in [2.24, 2.45) is 0 Å². The van der Waals surface area contributed by atoms with Crippen LogP contribution in [-0.2, 0) is 0 Å². The van der Waals surface area contributed by atoms with Gasteiger partial charge in [-0.05, 0) is 13.0 Å². The Kier molecular flexibility index (Phi) is 3.16. The molecule has 0 aliphatic carbocycles. The van der Waals surface area contributed by atoms with Gasteiger partial charge < -0.3 is 10.4 Å². The molecule has 8 heteroatoms. The number of aromatic nitrogens is 1. The number of nitrogens with one attached hydrogen (secondary N) is 1. The van der Waals surface area contributed by atoms with Gasteiger partial charge in [0.05, 0.1) is 5.69 Å². The van der Waals surface area contributed by atoms with Gasteiger partial charge in [0.25, 0.3) is 5.56 Å². The number of fused-ring (bicyclic) bond motifs is 1. The third kappa shape index (κ3) is 1.72. The summed E-state index contributed by atoms with van der Waals surface area (Å²) >= 11 is 0. The minimum absolute atomic E-state index is 0.0763. The first-order valence-electron chi connectivity index (χ1n) is 5.45. The zero-order valence-corrected chi connectivity index (χ0v) is 10.4. The molecule has 0 radical (unpaired) electrons. The van der Waals surface area contributed by atoms with Gasteiger partial charge in [-0.15, -0.1) is 0 Å². The standard InChI is InChI=1S/C12H9F3N2O3/c1-4-7(13)9-6(16-2)3-5(12(19)20)11(18)17(9)10(15)8(4)14/h3,16H,1-2H3,(H,19,20). The van der Waals surface area contributed by atoms with E-state index in [4.69, 9.17) is 5.11 Å². The lowest BCUT2D eigenvalue weighted by atomic mass is 10.1. The van der Waals surface area contributed by atoms with Crippen molar-refractivity contribution < 1.29 is 23.1 Å². The highest BCUT2D eigenvalue weighted by Crippen LogP contribution is 2.25. The van der Waals surface area contributed by atoms with Gasteiger partial charge in [-0.1, -0.05) is 0 Å². The molecule has 2 rings (SSSR count). The molecule has 0 saturated heterocycles. The molecule has 106 valence electrons. The van der Waals surface area contributed by atoms with E-state index >= 15 is 0 Å². The first-order chi connectivity index (χ1) is 9.31. The summed E-state index contributed by atoms with van der Waals surface area (Å²) in [6.45, 7) is 1.02. The van der Waals surface area contributed by atoms with E-state index < -0.39 is 45.8 Å². The second kappa shape index (κ2) is 4.55. The molecule has 2 aromatic rings. The molecule has 2 aromatic heterocycles. The fourth-order valence-electron chi connectivity index (χ4n) is 1.89. The lowest BCUT2D eigenvalue weighted by Crippen LogP contribution is -2.26. The summed E-state index contributed by atoms with van der Waals surface area (Å²) in [6, 6.07) is 0.875. The molecule has 0 aliphatic heterocycles. The largest absolute Gasteiger partial charge is 0.477 e. The molecule has 5 nitrogen and oxygen atoms in total. The van der Waals surface area contributed by atoms with Crippen molar-refractivity contribution in [3.63, 3.8) is 0 Å². The Morgan fingerprint density at radius 1 is 1.30 bits per heavy atom.